The van der Waals surface area contributed by atoms with E-state index in [0.29, 0.717) is 5.92 Å². The summed E-state index contributed by atoms with van der Waals surface area (Å²) in [6.07, 6.45) is 2.88. The van der Waals surface area contributed by atoms with Gasteiger partial charge in [-0.05, 0) is 24.5 Å². The highest BCUT2D eigenvalue weighted by atomic mass is 16.5. The van der Waals surface area contributed by atoms with Crippen molar-refractivity contribution in [3.63, 3.8) is 0 Å². The number of hydrogen-bond acceptors (Lipinski definition) is 3. The van der Waals surface area contributed by atoms with Crippen LogP contribution in [0.25, 0.3) is 16.9 Å². The monoisotopic (exact) mass is 332 g/mol. The molecule has 1 heterocycles. The Labute approximate surface area is 147 Å². The average Bonchev–Trinajstić information content (AvgIpc) is 3.24. The molecule has 1 aromatic heterocycles. The first kappa shape index (κ1) is 15.6. The van der Waals surface area contributed by atoms with Gasteiger partial charge >= 0.3 is 5.97 Å². The van der Waals surface area contributed by atoms with Crippen molar-refractivity contribution >= 4 is 5.97 Å². The van der Waals surface area contributed by atoms with Crippen LogP contribution in [0, 0.1) is 11.8 Å². The van der Waals surface area contributed by atoms with E-state index in [2.05, 4.69) is 6.92 Å². The van der Waals surface area contributed by atoms with Crippen LogP contribution in [0.2, 0.25) is 0 Å². The molecule has 0 unspecified atom stereocenters. The average molecular weight is 332 g/mol. The summed E-state index contributed by atoms with van der Waals surface area (Å²) in [4.78, 5) is 12.1. The summed E-state index contributed by atoms with van der Waals surface area (Å²) in [6, 6.07) is 19.9. The van der Waals surface area contributed by atoms with E-state index in [4.69, 9.17) is 9.84 Å². The van der Waals surface area contributed by atoms with Gasteiger partial charge in [-0.25, -0.2) is 4.68 Å². The lowest BCUT2D eigenvalue weighted by Crippen LogP contribution is -2.07. The molecule has 0 bridgehead atoms. The van der Waals surface area contributed by atoms with Crippen molar-refractivity contribution in [2.75, 3.05) is 0 Å². The highest BCUT2D eigenvalue weighted by Gasteiger charge is 2.40. The van der Waals surface area contributed by atoms with Crippen LogP contribution in [0.4, 0.5) is 0 Å². The molecule has 126 valence electrons. The van der Waals surface area contributed by atoms with Gasteiger partial charge in [-0.1, -0.05) is 55.5 Å². The van der Waals surface area contributed by atoms with Crippen LogP contribution in [0.1, 0.15) is 18.9 Å². The van der Waals surface area contributed by atoms with E-state index in [9.17, 15) is 4.79 Å². The molecule has 3 aromatic rings. The number of esters is 1. The second-order valence-corrected chi connectivity index (χ2v) is 6.58. The molecule has 0 aliphatic heterocycles. The lowest BCUT2D eigenvalue weighted by molar-refractivity contribution is -0.146. The number of hydrogen-bond donors (Lipinski definition) is 0. The summed E-state index contributed by atoms with van der Waals surface area (Å²) < 4.78 is 7.38. The fourth-order valence-corrected chi connectivity index (χ4v) is 2.97. The minimum absolute atomic E-state index is 0.0735. The van der Waals surface area contributed by atoms with E-state index in [1.807, 2.05) is 71.5 Å². The summed E-state index contributed by atoms with van der Waals surface area (Å²) >= 11 is 0. The number of aromatic nitrogens is 2. The van der Waals surface area contributed by atoms with Crippen LogP contribution >= 0.6 is 0 Å². The zero-order valence-electron chi connectivity index (χ0n) is 14.1. The maximum Gasteiger partial charge on any atom is 0.309 e. The third-order valence-corrected chi connectivity index (χ3v) is 4.64. The molecule has 25 heavy (non-hydrogen) atoms. The van der Waals surface area contributed by atoms with Crippen LogP contribution in [-0.2, 0) is 16.1 Å². The second kappa shape index (κ2) is 6.55. The van der Waals surface area contributed by atoms with Gasteiger partial charge in [0.05, 0.1) is 17.3 Å². The summed E-state index contributed by atoms with van der Waals surface area (Å²) in [5.74, 6) is 0.427. The number of carbonyl (C=O) groups is 1. The molecule has 0 N–H and O–H groups in total. The molecule has 2 aromatic carbocycles. The SMILES string of the molecule is C[C@H]1C[C@H]1C(=O)OCc1cn(-c2ccccc2)nc1-c1ccccc1. The van der Waals surface area contributed by atoms with E-state index < -0.39 is 0 Å². The van der Waals surface area contributed by atoms with Gasteiger partial charge in [-0.3, -0.25) is 4.79 Å². The number of benzene rings is 2. The standard InChI is InChI=1S/C21H20N2O2/c1-15-12-19(15)21(24)25-14-17-13-23(18-10-6-3-7-11-18)22-20(17)16-8-4-2-5-9-16/h2-11,13,15,19H,12,14H2,1H3/t15-,19+/m0/s1. The van der Waals surface area contributed by atoms with Crippen molar-refractivity contribution in [2.45, 2.75) is 20.0 Å². The Kier molecular flexibility index (Phi) is 4.10. The molecular weight excluding hydrogens is 312 g/mol. The smallest absolute Gasteiger partial charge is 0.309 e. The normalized spacial score (nSPS) is 18.8. The van der Waals surface area contributed by atoms with E-state index in [1.165, 1.54) is 0 Å². The zero-order valence-corrected chi connectivity index (χ0v) is 14.1. The van der Waals surface area contributed by atoms with Crippen LogP contribution in [-0.4, -0.2) is 15.7 Å². The molecule has 0 amide bonds. The summed E-state index contributed by atoms with van der Waals surface area (Å²) in [6.45, 7) is 2.33. The molecule has 0 saturated heterocycles. The van der Waals surface area contributed by atoms with Crippen LogP contribution in [0.3, 0.4) is 0 Å². The highest BCUT2D eigenvalue weighted by Crippen LogP contribution is 2.39. The van der Waals surface area contributed by atoms with Crippen LogP contribution in [0.5, 0.6) is 0 Å². The van der Waals surface area contributed by atoms with Crippen molar-refractivity contribution in [3.05, 3.63) is 72.4 Å². The number of ether oxygens (including phenoxy) is 1. The first-order valence-electron chi connectivity index (χ1n) is 8.58. The van der Waals surface area contributed by atoms with Crippen molar-refractivity contribution in [3.8, 4) is 16.9 Å². The minimum Gasteiger partial charge on any atom is -0.460 e. The first-order valence-corrected chi connectivity index (χ1v) is 8.58. The molecule has 4 nitrogen and oxygen atoms in total. The van der Waals surface area contributed by atoms with Crippen molar-refractivity contribution in [2.24, 2.45) is 11.8 Å². The van der Waals surface area contributed by atoms with Gasteiger partial charge in [0, 0.05) is 17.3 Å². The third kappa shape index (κ3) is 3.33. The number of rotatable bonds is 5. The highest BCUT2D eigenvalue weighted by molar-refractivity contribution is 5.75. The van der Waals surface area contributed by atoms with Crippen LogP contribution < -0.4 is 0 Å². The molecule has 1 fully saturated rings. The van der Waals surface area contributed by atoms with Gasteiger partial charge in [-0.15, -0.1) is 0 Å². The lowest BCUT2D eigenvalue weighted by atomic mass is 10.1. The molecule has 0 spiro atoms. The van der Waals surface area contributed by atoms with Crippen molar-refractivity contribution in [1.82, 2.24) is 9.78 Å². The molecule has 4 heteroatoms. The summed E-state index contributed by atoms with van der Waals surface area (Å²) in [7, 11) is 0. The van der Waals surface area contributed by atoms with Gasteiger partial charge in [0.25, 0.3) is 0 Å². The molecule has 2 atom stereocenters. The van der Waals surface area contributed by atoms with Crippen molar-refractivity contribution in [1.29, 1.82) is 0 Å². The Balaban J connectivity index is 1.63. The quantitative estimate of drug-likeness (QED) is 0.657. The molecule has 1 aliphatic rings. The Bertz CT molecular complexity index is 871. The molecule has 0 radical (unpaired) electrons. The largest absolute Gasteiger partial charge is 0.460 e. The van der Waals surface area contributed by atoms with Crippen LogP contribution in [0.15, 0.2) is 66.9 Å². The fraction of sp³-hybridized carbons (Fsp3) is 0.238. The molecule has 1 saturated carbocycles. The Morgan fingerprint density at radius 3 is 2.40 bits per heavy atom. The van der Waals surface area contributed by atoms with E-state index in [-0.39, 0.29) is 18.5 Å². The van der Waals surface area contributed by atoms with Gasteiger partial charge in [0.15, 0.2) is 0 Å². The number of nitrogens with zero attached hydrogens (tertiary/aromatic N) is 2. The molecule has 1 aliphatic carbocycles. The predicted octanol–water partition coefficient (Wildman–Crippen LogP) is 4.24. The second-order valence-electron chi connectivity index (χ2n) is 6.58. The van der Waals surface area contributed by atoms with Gasteiger partial charge in [-0.2, -0.15) is 5.10 Å². The van der Waals surface area contributed by atoms with Gasteiger partial charge in [0.1, 0.15) is 6.61 Å². The Morgan fingerprint density at radius 1 is 1.12 bits per heavy atom. The van der Waals surface area contributed by atoms with E-state index in [1.54, 1.807) is 0 Å². The maximum absolute atomic E-state index is 12.1. The first-order chi connectivity index (χ1) is 12.2. The van der Waals surface area contributed by atoms with E-state index >= 15 is 0 Å². The van der Waals surface area contributed by atoms with Gasteiger partial charge < -0.3 is 4.74 Å². The number of carbonyl (C=O) groups excluding carboxylic acids is 1. The van der Waals surface area contributed by atoms with Gasteiger partial charge in [0.2, 0.25) is 0 Å². The number of para-hydroxylation sites is 1. The summed E-state index contributed by atoms with van der Waals surface area (Å²) in [5.41, 5.74) is 3.76. The molecule has 4 rings (SSSR count). The fourth-order valence-electron chi connectivity index (χ4n) is 2.97. The maximum atomic E-state index is 12.1. The molecular formula is C21H20N2O2. The summed E-state index contributed by atoms with van der Waals surface area (Å²) in [5, 5.41) is 4.73. The lowest BCUT2D eigenvalue weighted by Gasteiger charge is -2.04. The topological polar surface area (TPSA) is 44.1 Å². The predicted molar refractivity (Wildman–Crippen MR) is 96.1 cm³/mol. The third-order valence-electron chi connectivity index (χ3n) is 4.64. The minimum atomic E-state index is -0.0982. The zero-order chi connectivity index (χ0) is 17.2. The van der Waals surface area contributed by atoms with Crippen molar-refractivity contribution < 1.29 is 9.53 Å². The Morgan fingerprint density at radius 2 is 1.76 bits per heavy atom. The Hall–Kier alpha value is -2.88. The van der Waals surface area contributed by atoms with E-state index in [0.717, 1.165) is 28.9 Å².